The maximum atomic E-state index is 13.7. The molecule has 9 heteroatoms. The van der Waals surface area contributed by atoms with Gasteiger partial charge in [-0.3, -0.25) is 5.84 Å². The first kappa shape index (κ1) is 20.7. The number of piperazine rings is 1. The number of hydrazine groups is 1. The van der Waals surface area contributed by atoms with Gasteiger partial charge in [0.1, 0.15) is 23.3 Å². The van der Waals surface area contributed by atoms with Crippen molar-refractivity contribution in [1.82, 2.24) is 20.3 Å². The third-order valence-corrected chi connectivity index (χ3v) is 4.57. The molecule has 154 valence electrons. The monoisotopic (exact) mass is 401 g/mol. The molecule has 1 aliphatic rings. The number of nitrogens with one attached hydrogen (secondary N) is 2. The molecule has 0 bridgehead atoms. The van der Waals surface area contributed by atoms with Crippen LogP contribution >= 0.6 is 0 Å². The summed E-state index contributed by atoms with van der Waals surface area (Å²) in [5, 5.41) is 3.09. The summed E-state index contributed by atoms with van der Waals surface area (Å²) < 4.78 is 27.5. The second-order valence-electron chi connectivity index (χ2n) is 7.01. The van der Waals surface area contributed by atoms with Gasteiger partial charge in [0.2, 0.25) is 0 Å². The summed E-state index contributed by atoms with van der Waals surface area (Å²) in [4.78, 5) is 13.4. The number of allylic oxidation sites excluding steroid dienone is 2. The van der Waals surface area contributed by atoms with Gasteiger partial charge in [-0.05, 0) is 32.2 Å². The number of anilines is 2. The van der Waals surface area contributed by atoms with Crippen LogP contribution < -0.4 is 21.5 Å². The number of nitrogens with zero attached hydrogens (tertiary/aromatic N) is 4. The number of halogens is 2. The van der Waals surface area contributed by atoms with E-state index in [4.69, 9.17) is 5.84 Å². The van der Waals surface area contributed by atoms with E-state index in [9.17, 15) is 8.78 Å². The van der Waals surface area contributed by atoms with E-state index in [1.165, 1.54) is 12.1 Å². The van der Waals surface area contributed by atoms with Crippen molar-refractivity contribution in [3.63, 3.8) is 0 Å². The molecule has 2 heterocycles. The van der Waals surface area contributed by atoms with Crippen molar-refractivity contribution < 1.29 is 8.78 Å². The maximum Gasteiger partial charge on any atom is 0.164 e. The molecule has 0 atom stereocenters. The molecule has 0 saturated carbocycles. The Labute approximate surface area is 168 Å². The number of hydrogen-bond donors (Lipinski definition) is 3. The van der Waals surface area contributed by atoms with Gasteiger partial charge in [0.25, 0.3) is 0 Å². The lowest BCUT2D eigenvalue weighted by molar-refractivity contribution is 0.312. The van der Waals surface area contributed by atoms with Crippen molar-refractivity contribution in [2.24, 2.45) is 5.84 Å². The molecular weight excluding hydrogens is 376 g/mol. The van der Waals surface area contributed by atoms with Crippen LogP contribution in [-0.2, 0) is 0 Å². The molecule has 0 unspecified atom stereocenters. The smallest absolute Gasteiger partial charge is 0.164 e. The Morgan fingerprint density at radius 1 is 1.10 bits per heavy atom. The molecule has 0 aliphatic carbocycles. The highest BCUT2D eigenvalue weighted by Crippen LogP contribution is 2.25. The predicted molar refractivity (Wildman–Crippen MR) is 111 cm³/mol. The Morgan fingerprint density at radius 2 is 1.76 bits per heavy atom. The number of likely N-dealkylation sites (N-methyl/N-ethyl adjacent to an activating group) is 1. The SMILES string of the molecule is C=C(/C=C(/C)NN)Nc1cc(N2CCN(C)CC2)nc(-c2cc(F)cc(F)c2)n1. The van der Waals surface area contributed by atoms with Crippen LogP contribution in [0.2, 0.25) is 0 Å². The van der Waals surface area contributed by atoms with Gasteiger partial charge in [0.05, 0.1) is 0 Å². The van der Waals surface area contributed by atoms with Crippen molar-refractivity contribution in [1.29, 1.82) is 0 Å². The molecular formula is C20H25F2N7. The molecule has 1 aromatic carbocycles. The zero-order valence-corrected chi connectivity index (χ0v) is 16.5. The van der Waals surface area contributed by atoms with Crippen LogP contribution in [0.25, 0.3) is 11.4 Å². The van der Waals surface area contributed by atoms with Gasteiger partial charge in [-0.1, -0.05) is 6.58 Å². The zero-order chi connectivity index (χ0) is 21.0. The second-order valence-corrected chi connectivity index (χ2v) is 7.01. The highest BCUT2D eigenvalue weighted by Gasteiger charge is 2.18. The Bertz CT molecular complexity index is 901. The van der Waals surface area contributed by atoms with Crippen molar-refractivity contribution in [3.05, 3.63) is 59.9 Å². The Hall–Kier alpha value is -3.04. The highest BCUT2D eigenvalue weighted by atomic mass is 19.1. The van der Waals surface area contributed by atoms with Crippen LogP contribution in [0.3, 0.4) is 0 Å². The lowest BCUT2D eigenvalue weighted by atomic mass is 10.2. The molecule has 4 N–H and O–H groups in total. The van der Waals surface area contributed by atoms with E-state index in [-0.39, 0.29) is 11.4 Å². The van der Waals surface area contributed by atoms with Crippen LogP contribution in [0.15, 0.2) is 48.3 Å². The normalized spacial score (nSPS) is 15.3. The number of rotatable bonds is 6. The van der Waals surface area contributed by atoms with Gasteiger partial charge in [-0.15, -0.1) is 0 Å². The van der Waals surface area contributed by atoms with Gasteiger partial charge < -0.3 is 20.5 Å². The molecule has 0 radical (unpaired) electrons. The van der Waals surface area contributed by atoms with Crippen molar-refractivity contribution in [2.45, 2.75) is 6.92 Å². The summed E-state index contributed by atoms with van der Waals surface area (Å²) in [6, 6.07) is 5.05. The number of aromatic nitrogens is 2. The second kappa shape index (κ2) is 8.97. The maximum absolute atomic E-state index is 13.7. The third kappa shape index (κ3) is 5.49. The van der Waals surface area contributed by atoms with E-state index in [0.29, 0.717) is 23.0 Å². The van der Waals surface area contributed by atoms with Crippen LogP contribution in [-0.4, -0.2) is 48.1 Å². The fraction of sp³-hybridized carbons (Fsp3) is 0.300. The van der Waals surface area contributed by atoms with E-state index < -0.39 is 11.6 Å². The Balaban J connectivity index is 1.98. The average molecular weight is 401 g/mol. The molecule has 1 fully saturated rings. The fourth-order valence-electron chi connectivity index (χ4n) is 3.01. The summed E-state index contributed by atoms with van der Waals surface area (Å²) in [6.45, 7) is 9.11. The molecule has 7 nitrogen and oxygen atoms in total. The molecule has 1 aliphatic heterocycles. The lowest BCUT2D eigenvalue weighted by Crippen LogP contribution is -2.44. The molecule has 3 rings (SSSR count). The minimum atomic E-state index is -0.680. The first-order chi connectivity index (χ1) is 13.8. The van der Waals surface area contributed by atoms with Gasteiger partial charge in [0, 0.05) is 55.3 Å². The van der Waals surface area contributed by atoms with Gasteiger partial charge in [-0.25, -0.2) is 18.7 Å². The van der Waals surface area contributed by atoms with E-state index in [1.54, 1.807) is 19.1 Å². The summed E-state index contributed by atoms with van der Waals surface area (Å²) in [6.07, 6.45) is 1.72. The minimum Gasteiger partial charge on any atom is -0.354 e. The minimum absolute atomic E-state index is 0.229. The van der Waals surface area contributed by atoms with E-state index in [1.807, 2.05) is 0 Å². The zero-order valence-electron chi connectivity index (χ0n) is 16.5. The molecule has 0 amide bonds. The fourth-order valence-corrected chi connectivity index (χ4v) is 3.01. The molecule has 1 saturated heterocycles. The summed E-state index contributed by atoms with van der Waals surface area (Å²) in [5.41, 5.74) is 4.06. The quantitative estimate of drug-likeness (QED) is 0.390. The van der Waals surface area contributed by atoms with E-state index in [0.717, 1.165) is 32.2 Å². The summed E-state index contributed by atoms with van der Waals surface area (Å²) in [7, 11) is 2.06. The van der Waals surface area contributed by atoms with Crippen LogP contribution in [0.1, 0.15) is 6.92 Å². The van der Waals surface area contributed by atoms with E-state index >= 15 is 0 Å². The van der Waals surface area contributed by atoms with Gasteiger partial charge in [-0.2, -0.15) is 0 Å². The van der Waals surface area contributed by atoms with Crippen molar-refractivity contribution in [2.75, 3.05) is 43.4 Å². The number of hydrogen-bond acceptors (Lipinski definition) is 7. The molecule has 29 heavy (non-hydrogen) atoms. The van der Waals surface area contributed by atoms with Gasteiger partial charge in [0.15, 0.2) is 5.82 Å². The Kier molecular flexibility index (Phi) is 6.40. The van der Waals surface area contributed by atoms with Gasteiger partial charge >= 0.3 is 0 Å². The molecule has 1 aromatic heterocycles. The third-order valence-electron chi connectivity index (χ3n) is 4.57. The lowest BCUT2D eigenvalue weighted by Gasteiger charge is -2.33. The van der Waals surface area contributed by atoms with Crippen LogP contribution in [0.5, 0.6) is 0 Å². The highest BCUT2D eigenvalue weighted by molar-refractivity contribution is 5.63. The largest absolute Gasteiger partial charge is 0.354 e. The summed E-state index contributed by atoms with van der Waals surface area (Å²) in [5.74, 6) is 5.40. The van der Waals surface area contributed by atoms with Crippen LogP contribution in [0, 0.1) is 11.6 Å². The van der Waals surface area contributed by atoms with Crippen molar-refractivity contribution in [3.8, 4) is 11.4 Å². The summed E-state index contributed by atoms with van der Waals surface area (Å²) >= 11 is 0. The number of nitrogens with two attached hydrogens (primary N) is 1. The number of benzene rings is 1. The topological polar surface area (TPSA) is 82.3 Å². The average Bonchev–Trinajstić information content (AvgIpc) is 2.67. The first-order valence-corrected chi connectivity index (χ1v) is 9.24. The standard InChI is InChI=1S/C20H25F2N7/c1-13(8-14(2)27-23)24-18-12-19(29-6-4-28(3)5-7-29)26-20(25-18)15-9-16(21)11-17(22)10-15/h8-12,27H,1,4-7,23H2,2-3H3,(H,24,25,26)/b14-8-. The van der Waals surface area contributed by atoms with E-state index in [2.05, 4.69) is 44.1 Å². The van der Waals surface area contributed by atoms with Crippen molar-refractivity contribution >= 4 is 11.6 Å². The Morgan fingerprint density at radius 3 is 2.38 bits per heavy atom. The molecule has 2 aromatic rings. The molecule has 0 spiro atoms. The first-order valence-electron chi connectivity index (χ1n) is 9.24. The predicted octanol–water partition coefficient (Wildman–Crippen LogP) is 2.47. The van der Waals surface area contributed by atoms with Crippen LogP contribution in [0.4, 0.5) is 20.4 Å².